The smallest absolute Gasteiger partial charge is 0.222 e. The van der Waals surface area contributed by atoms with Crippen LogP contribution in [0.25, 0.3) is 0 Å². The lowest BCUT2D eigenvalue weighted by atomic mass is 9.90. The van der Waals surface area contributed by atoms with Crippen molar-refractivity contribution in [2.75, 3.05) is 19.7 Å². The van der Waals surface area contributed by atoms with Crippen LogP contribution in [0.1, 0.15) is 58.3 Å². The minimum Gasteiger partial charge on any atom is -0.396 e. The predicted molar refractivity (Wildman–Crippen MR) is 77.7 cm³/mol. The first-order valence-electron chi connectivity index (χ1n) is 7.83. The quantitative estimate of drug-likeness (QED) is 0.637. The van der Waals surface area contributed by atoms with E-state index in [0.717, 1.165) is 32.1 Å². The fourth-order valence-corrected chi connectivity index (χ4v) is 2.71. The minimum absolute atomic E-state index is 0.168. The van der Waals surface area contributed by atoms with Crippen molar-refractivity contribution in [3.63, 3.8) is 0 Å². The maximum absolute atomic E-state index is 12.3. The Morgan fingerprint density at radius 1 is 1.42 bits per heavy atom. The zero-order valence-corrected chi connectivity index (χ0v) is 12.3. The van der Waals surface area contributed by atoms with Crippen molar-refractivity contribution in [1.29, 1.82) is 0 Å². The molecule has 1 aliphatic rings. The van der Waals surface area contributed by atoms with Crippen molar-refractivity contribution >= 4 is 5.91 Å². The van der Waals surface area contributed by atoms with Gasteiger partial charge >= 0.3 is 0 Å². The molecule has 3 N–H and O–H groups in total. The van der Waals surface area contributed by atoms with E-state index in [0.29, 0.717) is 37.9 Å². The Kier molecular flexibility index (Phi) is 8.07. The van der Waals surface area contributed by atoms with Gasteiger partial charge in [0.1, 0.15) is 0 Å². The molecule has 0 heterocycles. The first-order chi connectivity index (χ1) is 9.22. The number of aliphatic hydroxyl groups is 1. The lowest BCUT2D eigenvalue weighted by molar-refractivity contribution is -0.135. The van der Waals surface area contributed by atoms with E-state index >= 15 is 0 Å². The highest BCUT2D eigenvalue weighted by Gasteiger charge is 2.28. The first-order valence-corrected chi connectivity index (χ1v) is 7.83. The van der Waals surface area contributed by atoms with Gasteiger partial charge in [0.15, 0.2) is 0 Å². The van der Waals surface area contributed by atoms with Gasteiger partial charge in [-0.25, -0.2) is 0 Å². The third-order valence-corrected chi connectivity index (χ3v) is 4.31. The summed E-state index contributed by atoms with van der Waals surface area (Å²) in [6.07, 6.45) is 7.92. The van der Waals surface area contributed by atoms with Crippen molar-refractivity contribution in [3.05, 3.63) is 0 Å². The maximum Gasteiger partial charge on any atom is 0.222 e. The molecule has 1 atom stereocenters. The van der Waals surface area contributed by atoms with Crippen LogP contribution in [0.5, 0.6) is 0 Å². The van der Waals surface area contributed by atoms with Crippen molar-refractivity contribution in [3.8, 4) is 0 Å². The summed E-state index contributed by atoms with van der Waals surface area (Å²) in [6, 6.07) is 0.439. The van der Waals surface area contributed by atoms with E-state index in [1.54, 1.807) is 0 Å². The van der Waals surface area contributed by atoms with Crippen molar-refractivity contribution < 1.29 is 9.90 Å². The molecule has 19 heavy (non-hydrogen) atoms. The molecule has 0 aromatic carbocycles. The number of rotatable bonds is 10. The van der Waals surface area contributed by atoms with Crippen molar-refractivity contribution in [2.45, 2.75) is 64.3 Å². The summed E-state index contributed by atoms with van der Waals surface area (Å²) < 4.78 is 0. The second kappa shape index (κ2) is 9.32. The highest BCUT2D eigenvalue weighted by Crippen LogP contribution is 2.26. The Morgan fingerprint density at radius 3 is 2.63 bits per heavy atom. The Bertz CT molecular complexity index is 255. The lowest BCUT2D eigenvalue weighted by Gasteiger charge is -2.38. The largest absolute Gasteiger partial charge is 0.396 e. The molecular weight excluding hydrogens is 240 g/mol. The third-order valence-electron chi connectivity index (χ3n) is 4.31. The van der Waals surface area contributed by atoms with Gasteiger partial charge in [0.2, 0.25) is 5.91 Å². The standard InChI is InChI=1S/C15H30N2O2/c1-2-13(9-10-16)7-8-15(19)17(11-4-12-18)14-5-3-6-14/h13-14,18H,2-12,16H2,1H3. The van der Waals surface area contributed by atoms with Crippen LogP contribution in [0.3, 0.4) is 0 Å². The number of nitrogens with zero attached hydrogens (tertiary/aromatic N) is 1. The SMILES string of the molecule is CCC(CCN)CCC(=O)N(CCCO)C1CCC1. The molecule has 0 bridgehead atoms. The molecule has 1 unspecified atom stereocenters. The lowest BCUT2D eigenvalue weighted by Crippen LogP contribution is -2.45. The zero-order chi connectivity index (χ0) is 14.1. The van der Waals surface area contributed by atoms with E-state index in [1.807, 2.05) is 4.90 Å². The molecule has 112 valence electrons. The van der Waals surface area contributed by atoms with Crippen molar-refractivity contribution in [1.82, 2.24) is 4.90 Å². The van der Waals surface area contributed by atoms with Crippen LogP contribution in [0, 0.1) is 5.92 Å². The molecular formula is C15H30N2O2. The van der Waals surface area contributed by atoms with Crippen LogP contribution < -0.4 is 5.73 Å². The highest BCUT2D eigenvalue weighted by atomic mass is 16.3. The third kappa shape index (κ3) is 5.49. The molecule has 0 spiro atoms. The van der Waals surface area contributed by atoms with Crippen LogP contribution in [0.4, 0.5) is 0 Å². The number of carbonyl (C=O) groups is 1. The second-order valence-electron chi connectivity index (χ2n) is 5.64. The monoisotopic (exact) mass is 270 g/mol. The van der Waals surface area contributed by atoms with Crippen LogP contribution in [0.2, 0.25) is 0 Å². The summed E-state index contributed by atoms with van der Waals surface area (Å²) in [7, 11) is 0. The number of aliphatic hydroxyl groups excluding tert-OH is 1. The van der Waals surface area contributed by atoms with Gasteiger partial charge in [-0.3, -0.25) is 4.79 Å². The van der Waals surface area contributed by atoms with E-state index < -0.39 is 0 Å². The Balaban J connectivity index is 2.37. The summed E-state index contributed by atoms with van der Waals surface area (Å²) >= 11 is 0. The Hall–Kier alpha value is -0.610. The van der Waals surface area contributed by atoms with Gasteiger partial charge in [-0.05, 0) is 51.0 Å². The van der Waals surface area contributed by atoms with E-state index in [-0.39, 0.29) is 12.5 Å². The molecule has 1 amide bonds. The number of hydrogen-bond donors (Lipinski definition) is 2. The molecule has 1 aliphatic carbocycles. The topological polar surface area (TPSA) is 66.6 Å². The van der Waals surface area contributed by atoms with Gasteiger partial charge in [0.25, 0.3) is 0 Å². The predicted octanol–water partition coefficient (Wildman–Crippen LogP) is 1.91. The molecule has 0 aliphatic heterocycles. The van der Waals surface area contributed by atoms with E-state index in [2.05, 4.69) is 6.92 Å². The summed E-state index contributed by atoms with van der Waals surface area (Å²) in [5.74, 6) is 0.851. The molecule has 4 heteroatoms. The average Bonchev–Trinajstić information content (AvgIpc) is 2.36. The van der Waals surface area contributed by atoms with E-state index in [1.165, 1.54) is 6.42 Å². The summed E-state index contributed by atoms with van der Waals surface area (Å²) in [4.78, 5) is 14.3. The van der Waals surface area contributed by atoms with Gasteiger partial charge < -0.3 is 15.7 Å². The molecule has 4 nitrogen and oxygen atoms in total. The maximum atomic E-state index is 12.3. The van der Waals surface area contributed by atoms with Crippen LogP contribution in [-0.2, 0) is 4.79 Å². The molecule has 0 aromatic rings. The molecule has 0 saturated heterocycles. The Labute approximate surface area is 117 Å². The van der Waals surface area contributed by atoms with Crippen LogP contribution >= 0.6 is 0 Å². The van der Waals surface area contributed by atoms with Crippen LogP contribution in [-0.4, -0.2) is 41.7 Å². The fraction of sp³-hybridized carbons (Fsp3) is 0.933. The molecule has 1 saturated carbocycles. The molecule has 1 fully saturated rings. The highest BCUT2D eigenvalue weighted by molar-refractivity contribution is 5.76. The van der Waals surface area contributed by atoms with Gasteiger partial charge in [-0.1, -0.05) is 13.3 Å². The summed E-state index contributed by atoms with van der Waals surface area (Å²) in [5, 5.41) is 8.94. The first kappa shape index (κ1) is 16.4. The van der Waals surface area contributed by atoms with E-state index in [4.69, 9.17) is 10.8 Å². The van der Waals surface area contributed by atoms with Gasteiger partial charge in [-0.15, -0.1) is 0 Å². The van der Waals surface area contributed by atoms with Crippen molar-refractivity contribution in [2.24, 2.45) is 11.7 Å². The molecule has 0 radical (unpaired) electrons. The van der Waals surface area contributed by atoms with Gasteiger partial charge in [0, 0.05) is 25.6 Å². The number of amides is 1. The summed E-state index contributed by atoms with van der Waals surface area (Å²) in [6.45, 7) is 3.76. The normalized spacial score (nSPS) is 17.0. The average molecular weight is 270 g/mol. The fourth-order valence-electron chi connectivity index (χ4n) is 2.71. The minimum atomic E-state index is 0.168. The number of hydrogen-bond acceptors (Lipinski definition) is 3. The zero-order valence-electron chi connectivity index (χ0n) is 12.3. The van der Waals surface area contributed by atoms with Gasteiger partial charge in [-0.2, -0.15) is 0 Å². The number of carbonyl (C=O) groups excluding carboxylic acids is 1. The van der Waals surface area contributed by atoms with E-state index in [9.17, 15) is 4.79 Å². The van der Waals surface area contributed by atoms with Gasteiger partial charge in [0.05, 0.1) is 0 Å². The summed E-state index contributed by atoms with van der Waals surface area (Å²) in [5.41, 5.74) is 5.59. The molecule has 0 aromatic heterocycles. The van der Waals surface area contributed by atoms with Crippen LogP contribution in [0.15, 0.2) is 0 Å². The molecule has 1 rings (SSSR count). The second-order valence-corrected chi connectivity index (χ2v) is 5.64. The number of nitrogens with two attached hydrogens (primary N) is 1. The Morgan fingerprint density at radius 2 is 2.16 bits per heavy atom.